The van der Waals surface area contributed by atoms with E-state index in [9.17, 15) is 34.4 Å². The monoisotopic (exact) mass is 485 g/mol. The Morgan fingerprint density at radius 3 is 1.47 bits per heavy atom. The number of benzene rings is 3. The van der Waals surface area contributed by atoms with E-state index in [1.54, 1.807) is 10.8 Å². The first-order valence-corrected chi connectivity index (χ1v) is 11.4. The van der Waals surface area contributed by atoms with Crippen LogP contribution in [0.3, 0.4) is 0 Å². The van der Waals surface area contributed by atoms with E-state index >= 15 is 0 Å². The second kappa shape index (κ2) is 8.48. The van der Waals surface area contributed by atoms with Crippen molar-refractivity contribution in [3.63, 3.8) is 0 Å². The highest BCUT2D eigenvalue weighted by molar-refractivity contribution is 7.93. The van der Waals surface area contributed by atoms with Crippen molar-refractivity contribution in [2.45, 2.75) is 9.79 Å². The number of anilines is 2. The van der Waals surface area contributed by atoms with Crippen molar-refractivity contribution in [3.05, 3.63) is 83.4 Å². The minimum absolute atomic E-state index is 0.156. The maximum Gasteiger partial charge on any atom is 0.267 e. The molecule has 0 saturated carbocycles. The summed E-state index contributed by atoms with van der Waals surface area (Å²) >= 11 is 0. The van der Waals surface area contributed by atoms with Gasteiger partial charge in [0.05, 0.1) is 23.0 Å². The van der Waals surface area contributed by atoms with Gasteiger partial charge in [-0.05, 0) is 42.5 Å². The van der Waals surface area contributed by atoms with Gasteiger partial charge in [-0.25, -0.2) is 34.4 Å². The van der Waals surface area contributed by atoms with Crippen LogP contribution < -0.4 is 9.44 Å². The van der Waals surface area contributed by atoms with E-state index in [1.807, 2.05) is 4.72 Å². The summed E-state index contributed by atoms with van der Waals surface area (Å²) in [7, 11) is -9.87. The molecule has 0 fully saturated rings. The summed E-state index contributed by atoms with van der Waals surface area (Å²) in [6, 6.07) is 9.20. The fraction of sp³-hybridized carbons (Fsp3) is 0. The van der Waals surface area contributed by atoms with E-state index in [0.29, 0.717) is 24.3 Å². The third-order valence-corrected chi connectivity index (χ3v) is 6.84. The van der Waals surface area contributed by atoms with Crippen molar-refractivity contribution in [1.82, 2.24) is 0 Å². The molecule has 0 amide bonds. The van der Waals surface area contributed by atoms with Crippen LogP contribution in [0.15, 0.2) is 64.4 Å². The van der Waals surface area contributed by atoms with Crippen LogP contribution in [0.5, 0.6) is 0 Å². The van der Waals surface area contributed by atoms with Crippen molar-refractivity contribution >= 4 is 31.4 Å². The van der Waals surface area contributed by atoms with Gasteiger partial charge in [-0.2, -0.15) is 5.26 Å². The molecule has 166 valence electrons. The molecule has 0 unspecified atom stereocenters. The molecular weight excluding hydrogens is 474 g/mol. The molecule has 13 heteroatoms. The number of nitrogens with zero attached hydrogens (tertiary/aromatic N) is 1. The molecule has 0 aliphatic carbocycles. The van der Waals surface area contributed by atoms with Crippen LogP contribution in [0.25, 0.3) is 0 Å². The maximum atomic E-state index is 14.0. The number of hydrogen-bond acceptors (Lipinski definition) is 5. The van der Waals surface area contributed by atoms with Gasteiger partial charge in [0, 0.05) is 0 Å². The molecule has 0 aromatic heterocycles. The highest BCUT2D eigenvalue weighted by Gasteiger charge is 2.28. The second-order valence-electron chi connectivity index (χ2n) is 6.18. The topological polar surface area (TPSA) is 116 Å². The van der Waals surface area contributed by atoms with Crippen molar-refractivity contribution in [3.8, 4) is 6.07 Å². The Bertz CT molecular complexity index is 1430. The van der Waals surface area contributed by atoms with Gasteiger partial charge in [-0.15, -0.1) is 0 Å². The van der Waals surface area contributed by atoms with Crippen molar-refractivity contribution in [2.75, 3.05) is 9.44 Å². The van der Waals surface area contributed by atoms with E-state index in [4.69, 9.17) is 5.26 Å². The van der Waals surface area contributed by atoms with Crippen LogP contribution in [-0.4, -0.2) is 16.8 Å². The molecule has 0 aliphatic rings. The van der Waals surface area contributed by atoms with Crippen LogP contribution in [0.1, 0.15) is 5.56 Å². The fourth-order valence-corrected chi connectivity index (χ4v) is 5.09. The number of halogens is 4. The average molecular weight is 485 g/mol. The van der Waals surface area contributed by atoms with Crippen LogP contribution in [-0.2, 0) is 20.0 Å². The van der Waals surface area contributed by atoms with Crippen LogP contribution in [0, 0.1) is 34.6 Å². The summed E-state index contributed by atoms with van der Waals surface area (Å²) in [6.45, 7) is 0. The Hall–Kier alpha value is -3.63. The smallest absolute Gasteiger partial charge is 0.267 e. The van der Waals surface area contributed by atoms with E-state index < -0.39 is 64.5 Å². The van der Waals surface area contributed by atoms with Gasteiger partial charge in [-0.3, -0.25) is 9.44 Å². The highest BCUT2D eigenvalue weighted by atomic mass is 32.2. The van der Waals surface area contributed by atoms with E-state index in [0.717, 1.165) is 30.3 Å². The van der Waals surface area contributed by atoms with Gasteiger partial charge in [-0.1, -0.05) is 12.1 Å². The Labute approximate surface area is 180 Å². The molecular formula is C19H11F4N3O4S2. The van der Waals surface area contributed by atoms with Gasteiger partial charge in [0.1, 0.15) is 23.3 Å². The third-order valence-electron chi connectivity index (χ3n) is 4.01. The van der Waals surface area contributed by atoms with Crippen LogP contribution >= 0.6 is 0 Å². The van der Waals surface area contributed by atoms with Crippen molar-refractivity contribution in [1.29, 1.82) is 5.26 Å². The zero-order valence-corrected chi connectivity index (χ0v) is 17.2. The molecule has 0 aliphatic heterocycles. The second-order valence-corrected chi connectivity index (χ2v) is 9.42. The molecule has 0 atom stereocenters. The standard InChI is InChI=1S/C19H11F4N3O4S2/c20-12-3-1-4-13(21)18(12)31(27,28)25-16-8-7-11(10-24)9-17(16)26-32(29,30)19-14(22)5-2-6-15(19)23/h1-9,25-26H. The number of rotatable bonds is 6. The van der Waals surface area contributed by atoms with Gasteiger partial charge in [0.15, 0.2) is 9.79 Å². The van der Waals surface area contributed by atoms with Crippen molar-refractivity contribution < 1.29 is 34.4 Å². The minimum atomic E-state index is -4.95. The molecule has 3 aromatic carbocycles. The quantitative estimate of drug-likeness (QED) is 0.517. The predicted octanol–water partition coefficient (Wildman–Crippen LogP) is 3.72. The minimum Gasteiger partial charge on any atom is -0.277 e. The van der Waals surface area contributed by atoms with E-state index in [1.165, 1.54) is 0 Å². The third kappa shape index (κ3) is 4.51. The summed E-state index contributed by atoms with van der Waals surface area (Å²) in [4.78, 5) is -2.69. The Kier molecular flexibility index (Phi) is 6.11. The van der Waals surface area contributed by atoms with Gasteiger partial charge in [0.25, 0.3) is 20.0 Å². The number of hydrogen-bond donors (Lipinski definition) is 2. The Balaban J connectivity index is 2.10. The molecule has 0 bridgehead atoms. The average Bonchev–Trinajstić information content (AvgIpc) is 2.68. The molecule has 0 radical (unpaired) electrons. The Morgan fingerprint density at radius 2 is 1.06 bits per heavy atom. The lowest BCUT2D eigenvalue weighted by Crippen LogP contribution is -2.20. The summed E-state index contributed by atoms with van der Waals surface area (Å²) in [6.07, 6.45) is 0. The zero-order valence-electron chi connectivity index (χ0n) is 15.6. The zero-order chi connectivity index (χ0) is 23.7. The van der Waals surface area contributed by atoms with Gasteiger partial charge < -0.3 is 0 Å². The van der Waals surface area contributed by atoms with E-state index in [-0.39, 0.29) is 5.56 Å². The summed E-state index contributed by atoms with van der Waals surface area (Å²) < 4.78 is 110. The fourth-order valence-electron chi connectivity index (χ4n) is 2.66. The molecule has 3 aromatic rings. The first-order chi connectivity index (χ1) is 15.0. The summed E-state index contributed by atoms with van der Waals surface area (Å²) in [5.41, 5.74) is -1.34. The van der Waals surface area contributed by atoms with Crippen LogP contribution in [0.2, 0.25) is 0 Å². The summed E-state index contributed by atoms with van der Waals surface area (Å²) in [5, 5.41) is 9.05. The largest absolute Gasteiger partial charge is 0.277 e. The normalized spacial score (nSPS) is 11.6. The lowest BCUT2D eigenvalue weighted by molar-refractivity contribution is 0.519. The van der Waals surface area contributed by atoms with E-state index in [2.05, 4.69) is 0 Å². The van der Waals surface area contributed by atoms with Crippen LogP contribution in [0.4, 0.5) is 28.9 Å². The van der Waals surface area contributed by atoms with Gasteiger partial charge in [0.2, 0.25) is 0 Å². The highest BCUT2D eigenvalue weighted by Crippen LogP contribution is 2.30. The number of nitrogens with one attached hydrogen (secondary N) is 2. The molecule has 32 heavy (non-hydrogen) atoms. The lowest BCUT2D eigenvalue weighted by atomic mass is 10.2. The molecule has 0 spiro atoms. The Morgan fingerprint density at radius 1 is 0.656 bits per heavy atom. The summed E-state index contributed by atoms with van der Waals surface area (Å²) in [5.74, 6) is -5.68. The molecule has 3 rings (SSSR count). The number of nitriles is 1. The predicted molar refractivity (Wildman–Crippen MR) is 105 cm³/mol. The first-order valence-electron chi connectivity index (χ1n) is 8.44. The molecule has 0 heterocycles. The SMILES string of the molecule is N#Cc1ccc(NS(=O)(=O)c2c(F)cccc2F)c(NS(=O)(=O)c2c(F)cccc2F)c1. The molecule has 2 N–H and O–H groups in total. The lowest BCUT2D eigenvalue weighted by Gasteiger charge is -2.16. The first kappa shape index (κ1) is 23.0. The molecule has 0 saturated heterocycles. The van der Waals surface area contributed by atoms with Crippen molar-refractivity contribution in [2.24, 2.45) is 0 Å². The molecule has 7 nitrogen and oxygen atoms in total. The van der Waals surface area contributed by atoms with Gasteiger partial charge >= 0.3 is 0 Å². The number of sulfonamides is 2. The maximum absolute atomic E-state index is 14.0.